The smallest absolute Gasteiger partial charge is 0.329 e. The number of anilines is 1. The number of rotatable bonds is 4. The number of thiophene rings is 1. The van der Waals surface area contributed by atoms with Crippen molar-refractivity contribution >= 4 is 35.1 Å². The highest BCUT2D eigenvalue weighted by Crippen LogP contribution is 2.15. The van der Waals surface area contributed by atoms with Crippen LogP contribution >= 0.6 is 11.3 Å². The van der Waals surface area contributed by atoms with Crippen molar-refractivity contribution in [2.45, 2.75) is 6.92 Å². The van der Waals surface area contributed by atoms with Crippen LogP contribution in [0, 0.1) is 6.92 Å². The minimum absolute atomic E-state index is 0.499. The third kappa shape index (κ3) is 4.16. The molecule has 0 spiro atoms. The quantitative estimate of drug-likeness (QED) is 0.515. The lowest BCUT2D eigenvalue weighted by atomic mass is 10.3. The number of amides is 2. The van der Waals surface area contributed by atoms with E-state index in [1.807, 2.05) is 18.4 Å². The first-order valence-corrected chi connectivity index (χ1v) is 7.30. The molecule has 0 aliphatic rings. The summed E-state index contributed by atoms with van der Waals surface area (Å²) in [6, 6.07) is 8.60. The first-order chi connectivity index (χ1) is 10.6. The Morgan fingerprint density at radius 1 is 1.18 bits per heavy atom. The topological polar surface area (TPSA) is 79.8 Å². The summed E-state index contributed by atoms with van der Waals surface area (Å²) in [5, 5.41) is 8.17. The standard InChI is InChI=1S/C15H15N3O3S/c1-10-7-8-22-13(10)9-16-18-15(20)14(19)17-11-3-5-12(21-2)6-4-11/h3-9H,1-2H3,(H,17,19)(H,18,20)/b16-9-. The predicted molar refractivity (Wildman–Crippen MR) is 86.4 cm³/mol. The van der Waals surface area contributed by atoms with E-state index in [4.69, 9.17) is 4.74 Å². The van der Waals surface area contributed by atoms with Crippen LogP contribution in [0.15, 0.2) is 40.8 Å². The average Bonchev–Trinajstić information content (AvgIpc) is 2.93. The predicted octanol–water partition coefficient (Wildman–Crippen LogP) is 2.15. The maximum Gasteiger partial charge on any atom is 0.329 e. The van der Waals surface area contributed by atoms with E-state index in [9.17, 15) is 9.59 Å². The highest BCUT2D eigenvalue weighted by Gasteiger charge is 2.12. The second-order valence-electron chi connectivity index (χ2n) is 4.35. The summed E-state index contributed by atoms with van der Waals surface area (Å²) in [6.07, 6.45) is 1.51. The van der Waals surface area contributed by atoms with Gasteiger partial charge < -0.3 is 10.1 Å². The number of aryl methyl sites for hydroxylation is 1. The van der Waals surface area contributed by atoms with Crippen molar-refractivity contribution < 1.29 is 14.3 Å². The van der Waals surface area contributed by atoms with Gasteiger partial charge in [0.05, 0.1) is 13.3 Å². The molecule has 1 aromatic carbocycles. The first-order valence-electron chi connectivity index (χ1n) is 6.42. The van der Waals surface area contributed by atoms with Crippen LogP contribution in [-0.4, -0.2) is 25.1 Å². The SMILES string of the molecule is COc1ccc(NC(=O)C(=O)N/N=C\c2sccc2C)cc1. The van der Waals surface area contributed by atoms with Gasteiger partial charge in [0, 0.05) is 10.6 Å². The van der Waals surface area contributed by atoms with Crippen molar-refractivity contribution in [1.82, 2.24) is 5.43 Å². The number of ether oxygens (including phenoxy) is 1. The van der Waals surface area contributed by atoms with Gasteiger partial charge in [-0.05, 0) is 48.2 Å². The number of benzene rings is 1. The zero-order valence-electron chi connectivity index (χ0n) is 12.1. The summed E-state index contributed by atoms with van der Waals surface area (Å²) in [5.74, 6) is -0.954. The number of nitrogens with one attached hydrogen (secondary N) is 2. The van der Waals surface area contributed by atoms with Gasteiger partial charge in [0.15, 0.2) is 0 Å². The third-order valence-corrected chi connectivity index (χ3v) is 3.76. The van der Waals surface area contributed by atoms with E-state index < -0.39 is 11.8 Å². The molecule has 0 aliphatic heterocycles. The Hall–Kier alpha value is -2.67. The Kier molecular flexibility index (Phi) is 5.26. The lowest BCUT2D eigenvalue weighted by molar-refractivity contribution is -0.136. The summed E-state index contributed by atoms with van der Waals surface area (Å²) in [4.78, 5) is 24.3. The molecule has 0 unspecified atom stereocenters. The lowest BCUT2D eigenvalue weighted by Gasteiger charge is -2.05. The fourth-order valence-corrected chi connectivity index (χ4v) is 2.37. The fraction of sp³-hybridized carbons (Fsp3) is 0.133. The molecule has 0 saturated heterocycles. The molecule has 0 atom stereocenters. The fourth-order valence-electron chi connectivity index (χ4n) is 1.58. The first kappa shape index (κ1) is 15.7. The number of hydrogen-bond acceptors (Lipinski definition) is 5. The van der Waals surface area contributed by atoms with E-state index in [1.165, 1.54) is 17.6 Å². The minimum Gasteiger partial charge on any atom is -0.497 e. The lowest BCUT2D eigenvalue weighted by Crippen LogP contribution is -2.32. The van der Waals surface area contributed by atoms with Crippen LogP contribution < -0.4 is 15.5 Å². The molecule has 0 radical (unpaired) electrons. The molecule has 1 aromatic heterocycles. The van der Waals surface area contributed by atoms with E-state index in [-0.39, 0.29) is 0 Å². The molecular weight excluding hydrogens is 302 g/mol. The molecule has 0 bridgehead atoms. The molecule has 2 rings (SSSR count). The summed E-state index contributed by atoms with van der Waals surface area (Å²) >= 11 is 1.50. The summed E-state index contributed by atoms with van der Waals surface area (Å²) in [5.41, 5.74) is 3.75. The van der Waals surface area contributed by atoms with Crippen LogP contribution in [0.25, 0.3) is 0 Å². The monoisotopic (exact) mass is 317 g/mol. The highest BCUT2D eigenvalue weighted by molar-refractivity contribution is 7.11. The Bertz CT molecular complexity index is 692. The molecule has 2 N–H and O–H groups in total. The van der Waals surface area contributed by atoms with Crippen molar-refractivity contribution in [2.75, 3.05) is 12.4 Å². The Morgan fingerprint density at radius 3 is 2.50 bits per heavy atom. The molecule has 22 heavy (non-hydrogen) atoms. The van der Waals surface area contributed by atoms with Crippen molar-refractivity contribution in [3.05, 3.63) is 46.2 Å². The molecular formula is C15H15N3O3S. The third-order valence-electron chi connectivity index (χ3n) is 2.80. The maximum absolute atomic E-state index is 11.7. The molecule has 7 heteroatoms. The summed E-state index contributed by atoms with van der Waals surface area (Å²) in [7, 11) is 1.55. The van der Waals surface area contributed by atoms with Gasteiger partial charge in [0.2, 0.25) is 0 Å². The van der Waals surface area contributed by atoms with E-state index in [0.717, 1.165) is 10.4 Å². The van der Waals surface area contributed by atoms with Gasteiger partial charge >= 0.3 is 11.8 Å². The largest absolute Gasteiger partial charge is 0.497 e. The normalized spacial score (nSPS) is 10.5. The number of hydrazone groups is 1. The second kappa shape index (κ2) is 7.37. The van der Waals surface area contributed by atoms with Gasteiger partial charge in [-0.25, -0.2) is 5.43 Å². The number of hydrogen-bond donors (Lipinski definition) is 2. The molecule has 0 fully saturated rings. The van der Waals surface area contributed by atoms with Gasteiger partial charge in [-0.1, -0.05) is 0 Å². The second-order valence-corrected chi connectivity index (χ2v) is 5.30. The molecule has 2 amide bonds. The van der Waals surface area contributed by atoms with Gasteiger partial charge in [0.1, 0.15) is 5.75 Å². The number of methoxy groups -OCH3 is 1. The summed E-state index contributed by atoms with van der Waals surface area (Å²) in [6.45, 7) is 1.94. The Morgan fingerprint density at radius 2 is 1.91 bits per heavy atom. The molecule has 0 saturated carbocycles. The van der Waals surface area contributed by atoms with Crippen LogP contribution in [-0.2, 0) is 9.59 Å². The van der Waals surface area contributed by atoms with E-state index in [1.54, 1.807) is 31.4 Å². The number of nitrogens with zero attached hydrogens (tertiary/aromatic N) is 1. The van der Waals surface area contributed by atoms with Gasteiger partial charge in [0.25, 0.3) is 0 Å². The molecule has 0 aliphatic carbocycles. The van der Waals surface area contributed by atoms with E-state index in [0.29, 0.717) is 11.4 Å². The van der Waals surface area contributed by atoms with Crippen LogP contribution in [0.2, 0.25) is 0 Å². The van der Waals surface area contributed by atoms with Gasteiger partial charge in [-0.2, -0.15) is 5.10 Å². The van der Waals surface area contributed by atoms with Crippen molar-refractivity contribution in [3.63, 3.8) is 0 Å². The number of carbonyl (C=O) groups excluding carboxylic acids is 2. The molecule has 6 nitrogen and oxygen atoms in total. The highest BCUT2D eigenvalue weighted by atomic mass is 32.1. The van der Waals surface area contributed by atoms with E-state index >= 15 is 0 Å². The van der Waals surface area contributed by atoms with Crippen LogP contribution in [0.3, 0.4) is 0 Å². The average molecular weight is 317 g/mol. The summed E-state index contributed by atoms with van der Waals surface area (Å²) < 4.78 is 5.01. The van der Waals surface area contributed by atoms with Crippen LogP contribution in [0.4, 0.5) is 5.69 Å². The van der Waals surface area contributed by atoms with Gasteiger partial charge in [-0.3, -0.25) is 9.59 Å². The molecule has 114 valence electrons. The Labute approximate surface area is 131 Å². The molecule has 1 heterocycles. The van der Waals surface area contributed by atoms with Crippen LogP contribution in [0.5, 0.6) is 5.75 Å². The van der Waals surface area contributed by atoms with Crippen molar-refractivity contribution in [2.24, 2.45) is 5.10 Å². The Balaban J connectivity index is 1.87. The van der Waals surface area contributed by atoms with E-state index in [2.05, 4.69) is 15.8 Å². The zero-order valence-corrected chi connectivity index (χ0v) is 12.9. The molecule has 2 aromatic rings. The van der Waals surface area contributed by atoms with Crippen LogP contribution in [0.1, 0.15) is 10.4 Å². The maximum atomic E-state index is 11.7. The van der Waals surface area contributed by atoms with Gasteiger partial charge in [-0.15, -0.1) is 11.3 Å². The number of carbonyl (C=O) groups is 2. The van der Waals surface area contributed by atoms with Crippen molar-refractivity contribution in [3.8, 4) is 5.75 Å². The minimum atomic E-state index is -0.832. The van der Waals surface area contributed by atoms with Crippen molar-refractivity contribution in [1.29, 1.82) is 0 Å². The zero-order chi connectivity index (χ0) is 15.9.